The van der Waals surface area contributed by atoms with Gasteiger partial charge in [-0.15, -0.1) is 0 Å². The van der Waals surface area contributed by atoms with Crippen LogP contribution in [0.4, 0.5) is 10.1 Å². The lowest BCUT2D eigenvalue weighted by Gasteiger charge is -2.20. The first-order valence-corrected chi connectivity index (χ1v) is 7.42. The Bertz CT molecular complexity index is 645. The number of halogens is 2. The van der Waals surface area contributed by atoms with Crippen LogP contribution >= 0.6 is 11.6 Å². The van der Waals surface area contributed by atoms with Crippen LogP contribution in [0.1, 0.15) is 25.5 Å². The number of hydrogen-bond donors (Lipinski definition) is 2. The first-order chi connectivity index (χ1) is 10.5. The van der Waals surface area contributed by atoms with Crippen molar-refractivity contribution in [3.63, 3.8) is 0 Å². The molecule has 0 spiro atoms. The standard InChI is InChI=1S/C17H18ClFN2O/c1-11(15-5-3-4-6-16(15)18)20-12(2)17(22)21-14-9-7-13(19)8-10-14/h3-12,20H,1-2H3,(H,21,22)/t11-,12-/m1/s1. The van der Waals surface area contributed by atoms with Gasteiger partial charge in [0, 0.05) is 16.8 Å². The topological polar surface area (TPSA) is 41.1 Å². The summed E-state index contributed by atoms with van der Waals surface area (Å²) in [5.41, 5.74) is 1.50. The quantitative estimate of drug-likeness (QED) is 0.868. The van der Waals surface area contributed by atoms with Gasteiger partial charge in [0.05, 0.1) is 6.04 Å². The molecule has 0 heterocycles. The second-order valence-corrected chi connectivity index (χ2v) is 5.53. The number of carbonyl (C=O) groups excluding carboxylic acids is 1. The molecule has 3 nitrogen and oxygen atoms in total. The molecular weight excluding hydrogens is 303 g/mol. The Kier molecular flexibility index (Phi) is 5.52. The molecule has 2 N–H and O–H groups in total. The maximum absolute atomic E-state index is 12.8. The van der Waals surface area contributed by atoms with E-state index in [0.29, 0.717) is 10.7 Å². The van der Waals surface area contributed by atoms with Crippen molar-refractivity contribution in [3.05, 3.63) is 64.9 Å². The fraction of sp³-hybridized carbons (Fsp3) is 0.235. The molecule has 0 saturated heterocycles. The van der Waals surface area contributed by atoms with Crippen molar-refractivity contribution in [3.8, 4) is 0 Å². The van der Waals surface area contributed by atoms with Gasteiger partial charge in [-0.1, -0.05) is 29.8 Å². The van der Waals surface area contributed by atoms with Crippen molar-refractivity contribution in [2.45, 2.75) is 25.9 Å². The summed E-state index contributed by atoms with van der Waals surface area (Å²) in [6.07, 6.45) is 0. The first-order valence-electron chi connectivity index (χ1n) is 7.04. The average Bonchev–Trinajstić information content (AvgIpc) is 2.49. The van der Waals surface area contributed by atoms with Crippen molar-refractivity contribution in [2.24, 2.45) is 0 Å². The average molecular weight is 321 g/mol. The van der Waals surface area contributed by atoms with Gasteiger partial charge in [-0.25, -0.2) is 4.39 Å². The smallest absolute Gasteiger partial charge is 0.241 e. The minimum absolute atomic E-state index is 0.0670. The lowest BCUT2D eigenvalue weighted by atomic mass is 10.1. The van der Waals surface area contributed by atoms with Crippen LogP contribution in [0, 0.1) is 5.82 Å². The minimum Gasteiger partial charge on any atom is -0.325 e. The Morgan fingerprint density at radius 1 is 1.09 bits per heavy atom. The van der Waals surface area contributed by atoms with Crippen LogP contribution in [-0.2, 0) is 4.79 Å². The summed E-state index contributed by atoms with van der Waals surface area (Å²) in [7, 11) is 0. The lowest BCUT2D eigenvalue weighted by molar-refractivity contribution is -0.117. The summed E-state index contributed by atoms with van der Waals surface area (Å²) < 4.78 is 12.8. The van der Waals surface area contributed by atoms with Crippen molar-refractivity contribution >= 4 is 23.2 Å². The summed E-state index contributed by atoms with van der Waals surface area (Å²) >= 11 is 6.15. The Labute approximate surface area is 134 Å². The number of benzene rings is 2. The van der Waals surface area contributed by atoms with Crippen molar-refractivity contribution in [1.82, 2.24) is 5.32 Å². The van der Waals surface area contributed by atoms with E-state index >= 15 is 0 Å². The van der Waals surface area contributed by atoms with E-state index in [1.165, 1.54) is 24.3 Å². The number of hydrogen-bond acceptors (Lipinski definition) is 2. The molecule has 2 aromatic carbocycles. The van der Waals surface area contributed by atoms with Gasteiger partial charge in [-0.3, -0.25) is 10.1 Å². The van der Waals surface area contributed by atoms with Crippen molar-refractivity contribution in [2.75, 3.05) is 5.32 Å². The van der Waals surface area contributed by atoms with Crippen LogP contribution in [-0.4, -0.2) is 11.9 Å². The molecule has 1 amide bonds. The highest BCUT2D eigenvalue weighted by Crippen LogP contribution is 2.22. The Hall–Kier alpha value is -1.91. The molecule has 0 aliphatic carbocycles. The van der Waals surface area contributed by atoms with Crippen molar-refractivity contribution in [1.29, 1.82) is 0 Å². The second kappa shape index (κ2) is 7.38. The molecule has 0 aliphatic rings. The van der Waals surface area contributed by atoms with Gasteiger partial charge in [0.1, 0.15) is 5.82 Å². The zero-order valence-corrected chi connectivity index (χ0v) is 13.2. The van der Waals surface area contributed by atoms with E-state index in [0.717, 1.165) is 5.56 Å². The second-order valence-electron chi connectivity index (χ2n) is 5.13. The first kappa shape index (κ1) is 16.5. The van der Waals surface area contributed by atoms with E-state index in [1.54, 1.807) is 6.92 Å². The van der Waals surface area contributed by atoms with Crippen LogP contribution in [0.2, 0.25) is 5.02 Å². The third-order valence-corrected chi connectivity index (χ3v) is 3.72. The molecule has 0 aliphatic heterocycles. The van der Waals surface area contributed by atoms with Crippen LogP contribution in [0.3, 0.4) is 0 Å². The highest BCUT2D eigenvalue weighted by molar-refractivity contribution is 6.31. The zero-order valence-electron chi connectivity index (χ0n) is 12.4. The molecule has 22 heavy (non-hydrogen) atoms. The largest absolute Gasteiger partial charge is 0.325 e. The van der Waals surface area contributed by atoms with Gasteiger partial charge in [0.25, 0.3) is 0 Å². The van der Waals surface area contributed by atoms with Crippen LogP contribution in [0.5, 0.6) is 0 Å². The molecule has 116 valence electrons. The summed E-state index contributed by atoms with van der Waals surface area (Å²) in [5, 5.41) is 6.60. The SMILES string of the molecule is C[C@@H](N[C@H](C)c1ccccc1Cl)C(=O)Nc1ccc(F)cc1. The van der Waals surface area contributed by atoms with Crippen molar-refractivity contribution < 1.29 is 9.18 Å². The summed E-state index contributed by atoms with van der Waals surface area (Å²) in [4.78, 5) is 12.1. The highest BCUT2D eigenvalue weighted by atomic mass is 35.5. The van der Waals surface area contributed by atoms with Gasteiger partial charge in [0.2, 0.25) is 5.91 Å². The Morgan fingerprint density at radius 3 is 2.36 bits per heavy atom. The third kappa shape index (κ3) is 4.29. The third-order valence-electron chi connectivity index (χ3n) is 3.38. The Balaban J connectivity index is 1.96. The predicted octanol–water partition coefficient (Wildman–Crippen LogP) is 4.16. The van der Waals surface area contributed by atoms with E-state index in [1.807, 2.05) is 31.2 Å². The molecule has 5 heteroatoms. The summed E-state index contributed by atoms with van der Waals surface area (Å²) in [5.74, 6) is -0.526. The molecule has 2 aromatic rings. The normalized spacial score (nSPS) is 13.5. The van der Waals surface area contributed by atoms with Crippen LogP contribution < -0.4 is 10.6 Å². The van der Waals surface area contributed by atoms with Gasteiger partial charge in [0.15, 0.2) is 0 Å². The van der Waals surface area contributed by atoms with E-state index in [4.69, 9.17) is 11.6 Å². The summed E-state index contributed by atoms with van der Waals surface area (Å²) in [6.45, 7) is 3.72. The van der Waals surface area contributed by atoms with Gasteiger partial charge in [-0.05, 0) is 49.7 Å². The number of rotatable bonds is 5. The number of amides is 1. The number of nitrogens with one attached hydrogen (secondary N) is 2. The monoisotopic (exact) mass is 320 g/mol. The van der Waals surface area contributed by atoms with E-state index in [2.05, 4.69) is 10.6 Å². The molecular formula is C17H18ClFN2O. The molecule has 0 radical (unpaired) electrons. The number of carbonyl (C=O) groups is 1. The van der Waals surface area contributed by atoms with E-state index < -0.39 is 6.04 Å². The summed E-state index contributed by atoms with van der Waals surface area (Å²) in [6, 6.07) is 12.7. The lowest BCUT2D eigenvalue weighted by Crippen LogP contribution is -2.39. The fourth-order valence-corrected chi connectivity index (χ4v) is 2.45. The Morgan fingerprint density at radius 2 is 1.73 bits per heavy atom. The van der Waals surface area contributed by atoms with E-state index in [-0.39, 0.29) is 17.8 Å². The molecule has 2 rings (SSSR count). The van der Waals surface area contributed by atoms with Crippen LogP contribution in [0.15, 0.2) is 48.5 Å². The molecule has 0 saturated carbocycles. The highest BCUT2D eigenvalue weighted by Gasteiger charge is 2.17. The molecule has 0 bridgehead atoms. The molecule has 0 aromatic heterocycles. The van der Waals surface area contributed by atoms with Crippen LogP contribution in [0.25, 0.3) is 0 Å². The minimum atomic E-state index is -0.420. The van der Waals surface area contributed by atoms with Gasteiger partial charge in [-0.2, -0.15) is 0 Å². The molecule has 0 fully saturated rings. The molecule has 2 atom stereocenters. The molecule has 0 unspecified atom stereocenters. The maximum Gasteiger partial charge on any atom is 0.241 e. The maximum atomic E-state index is 12.8. The van der Waals surface area contributed by atoms with Gasteiger partial charge < -0.3 is 5.32 Å². The number of anilines is 1. The van der Waals surface area contributed by atoms with E-state index in [9.17, 15) is 9.18 Å². The van der Waals surface area contributed by atoms with Gasteiger partial charge >= 0.3 is 0 Å². The predicted molar refractivity (Wildman–Crippen MR) is 87.5 cm³/mol. The fourth-order valence-electron chi connectivity index (χ4n) is 2.15. The zero-order chi connectivity index (χ0) is 16.1.